The standard InChI is InChI=1S/C21H25N7O2/c1-15-10-19(26-21(25-15)27-7-6-23-14-27)28-8-9-30-13-18(28)20(29)24-12-17-4-2-16(11-22)3-5-17/h2-7,10,14,18H,8-9,11-13,22H2,1H3,(H,24,29). The number of morpholine rings is 1. The van der Waals surface area contributed by atoms with E-state index in [9.17, 15) is 4.79 Å². The minimum Gasteiger partial charge on any atom is -0.377 e. The summed E-state index contributed by atoms with van der Waals surface area (Å²) in [5.41, 5.74) is 8.53. The lowest BCUT2D eigenvalue weighted by Crippen LogP contribution is -2.54. The molecule has 1 unspecified atom stereocenters. The Balaban J connectivity index is 1.50. The number of carbonyl (C=O) groups excluding carboxylic acids is 1. The maximum Gasteiger partial charge on any atom is 0.245 e. The number of hydrogen-bond donors (Lipinski definition) is 2. The number of ether oxygens (including phenoxy) is 1. The second-order valence-electron chi connectivity index (χ2n) is 7.16. The van der Waals surface area contributed by atoms with Gasteiger partial charge in [0.25, 0.3) is 0 Å². The Bertz CT molecular complexity index is 989. The maximum absolute atomic E-state index is 13.0. The molecule has 3 aromatic rings. The smallest absolute Gasteiger partial charge is 0.245 e. The fourth-order valence-corrected chi connectivity index (χ4v) is 3.37. The van der Waals surface area contributed by atoms with Crippen LogP contribution in [0.15, 0.2) is 49.1 Å². The molecule has 1 aliphatic rings. The van der Waals surface area contributed by atoms with Crippen LogP contribution in [0.1, 0.15) is 16.8 Å². The van der Waals surface area contributed by atoms with Crippen molar-refractivity contribution in [3.63, 3.8) is 0 Å². The second kappa shape index (κ2) is 9.02. The molecule has 2 aromatic heterocycles. The molecule has 0 saturated carbocycles. The molecule has 3 N–H and O–H groups in total. The molecular weight excluding hydrogens is 382 g/mol. The van der Waals surface area contributed by atoms with Crippen molar-refractivity contribution < 1.29 is 9.53 Å². The lowest BCUT2D eigenvalue weighted by Gasteiger charge is -2.35. The first-order valence-corrected chi connectivity index (χ1v) is 9.88. The van der Waals surface area contributed by atoms with E-state index in [1.54, 1.807) is 23.3 Å². The number of hydrogen-bond acceptors (Lipinski definition) is 7. The number of rotatable bonds is 6. The van der Waals surface area contributed by atoms with Gasteiger partial charge in [0.2, 0.25) is 11.9 Å². The maximum atomic E-state index is 13.0. The number of nitrogens with one attached hydrogen (secondary N) is 1. The highest BCUT2D eigenvalue weighted by Gasteiger charge is 2.31. The average Bonchev–Trinajstić information content (AvgIpc) is 3.32. The zero-order valence-electron chi connectivity index (χ0n) is 16.9. The predicted octanol–water partition coefficient (Wildman–Crippen LogP) is 0.951. The van der Waals surface area contributed by atoms with Gasteiger partial charge in [-0.1, -0.05) is 24.3 Å². The Hall–Kier alpha value is -3.30. The van der Waals surface area contributed by atoms with Crippen molar-refractivity contribution in [1.82, 2.24) is 24.8 Å². The van der Waals surface area contributed by atoms with E-state index in [0.717, 1.165) is 16.8 Å². The summed E-state index contributed by atoms with van der Waals surface area (Å²) in [5.74, 6) is 1.12. The molecule has 0 radical (unpaired) electrons. The van der Waals surface area contributed by atoms with Crippen LogP contribution < -0.4 is 16.0 Å². The largest absolute Gasteiger partial charge is 0.377 e. The molecule has 1 fully saturated rings. The van der Waals surface area contributed by atoms with Gasteiger partial charge in [-0.25, -0.2) is 9.97 Å². The molecule has 0 bridgehead atoms. The SMILES string of the molecule is Cc1cc(N2CCOCC2C(=O)NCc2ccc(CN)cc2)nc(-n2ccnc2)n1. The van der Waals surface area contributed by atoms with Gasteiger partial charge in [0.1, 0.15) is 18.2 Å². The predicted molar refractivity (Wildman–Crippen MR) is 112 cm³/mol. The quantitative estimate of drug-likeness (QED) is 0.626. The van der Waals surface area contributed by atoms with Crippen LogP contribution in [0, 0.1) is 6.92 Å². The van der Waals surface area contributed by atoms with Crippen LogP contribution in [0.5, 0.6) is 0 Å². The van der Waals surface area contributed by atoms with E-state index in [1.807, 2.05) is 42.2 Å². The number of aryl methyl sites for hydroxylation is 1. The number of anilines is 1. The van der Waals surface area contributed by atoms with Crippen LogP contribution in [0.3, 0.4) is 0 Å². The van der Waals surface area contributed by atoms with Crippen molar-refractivity contribution in [2.45, 2.75) is 26.1 Å². The highest BCUT2D eigenvalue weighted by atomic mass is 16.5. The summed E-state index contributed by atoms with van der Waals surface area (Å²) in [7, 11) is 0. The molecule has 4 rings (SSSR count). The highest BCUT2D eigenvalue weighted by Crippen LogP contribution is 2.20. The molecule has 9 nitrogen and oxygen atoms in total. The Labute approximate surface area is 174 Å². The molecule has 1 saturated heterocycles. The second-order valence-corrected chi connectivity index (χ2v) is 7.16. The van der Waals surface area contributed by atoms with Crippen LogP contribution >= 0.6 is 0 Å². The fourth-order valence-electron chi connectivity index (χ4n) is 3.37. The molecule has 1 amide bonds. The number of amides is 1. The Morgan fingerprint density at radius 3 is 2.80 bits per heavy atom. The van der Waals surface area contributed by atoms with E-state index in [4.69, 9.17) is 10.5 Å². The normalized spacial score (nSPS) is 16.5. The molecule has 0 aliphatic carbocycles. The third-order valence-corrected chi connectivity index (χ3v) is 5.02. The van der Waals surface area contributed by atoms with Crippen LogP contribution in [-0.2, 0) is 22.6 Å². The number of nitrogens with zero attached hydrogens (tertiary/aromatic N) is 5. The van der Waals surface area contributed by atoms with Gasteiger partial charge in [0.15, 0.2) is 0 Å². The number of imidazole rings is 1. The monoisotopic (exact) mass is 407 g/mol. The van der Waals surface area contributed by atoms with E-state index >= 15 is 0 Å². The molecule has 0 spiro atoms. The molecule has 1 aromatic carbocycles. The van der Waals surface area contributed by atoms with Gasteiger partial charge in [-0.2, -0.15) is 4.98 Å². The van der Waals surface area contributed by atoms with Crippen LogP contribution in [-0.4, -0.2) is 51.2 Å². The summed E-state index contributed by atoms with van der Waals surface area (Å²) in [6.45, 7) is 4.27. The van der Waals surface area contributed by atoms with Crippen molar-refractivity contribution in [3.8, 4) is 5.95 Å². The topological polar surface area (TPSA) is 111 Å². The Morgan fingerprint density at radius 1 is 1.27 bits per heavy atom. The number of carbonyl (C=O) groups is 1. The first-order chi connectivity index (χ1) is 14.6. The molecule has 1 atom stereocenters. The number of nitrogens with two attached hydrogens (primary N) is 1. The Kier molecular flexibility index (Phi) is 6.01. The molecular formula is C21H25N7O2. The summed E-state index contributed by atoms with van der Waals surface area (Å²) >= 11 is 0. The van der Waals surface area contributed by atoms with Crippen LogP contribution in [0.25, 0.3) is 5.95 Å². The van der Waals surface area contributed by atoms with Gasteiger partial charge >= 0.3 is 0 Å². The first-order valence-electron chi connectivity index (χ1n) is 9.88. The van der Waals surface area contributed by atoms with Crippen LogP contribution in [0.4, 0.5) is 5.82 Å². The lowest BCUT2D eigenvalue weighted by molar-refractivity contribution is -0.124. The summed E-state index contributed by atoms with van der Waals surface area (Å²) < 4.78 is 7.34. The molecule has 3 heterocycles. The minimum atomic E-state index is -0.466. The lowest BCUT2D eigenvalue weighted by atomic mass is 10.1. The number of aromatic nitrogens is 4. The van der Waals surface area contributed by atoms with Gasteiger partial charge < -0.3 is 20.7 Å². The van der Waals surface area contributed by atoms with Crippen molar-refractivity contribution in [2.75, 3.05) is 24.7 Å². The fraction of sp³-hybridized carbons (Fsp3) is 0.333. The third kappa shape index (κ3) is 4.47. The van der Waals surface area contributed by atoms with Crippen molar-refractivity contribution in [3.05, 3.63) is 65.9 Å². The van der Waals surface area contributed by atoms with Gasteiger partial charge in [0.05, 0.1) is 13.2 Å². The van der Waals surface area contributed by atoms with E-state index < -0.39 is 6.04 Å². The minimum absolute atomic E-state index is 0.0990. The van der Waals surface area contributed by atoms with Gasteiger partial charge in [0, 0.05) is 43.8 Å². The average molecular weight is 407 g/mol. The van der Waals surface area contributed by atoms with Crippen molar-refractivity contribution in [2.24, 2.45) is 5.73 Å². The van der Waals surface area contributed by atoms with Crippen LogP contribution in [0.2, 0.25) is 0 Å². The first kappa shape index (κ1) is 20.0. The summed E-state index contributed by atoms with van der Waals surface area (Å²) in [6, 6.07) is 9.31. The third-order valence-electron chi connectivity index (χ3n) is 5.02. The van der Waals surface area contributed by atoms with Gasteiger partial charge in [-0.15, -0.1) is 0 Å². The molecule has 30 heavy (non-hydrogen) atoms. The summed E-state index contributed by atoms with van der Waals surface area (Å²) in [6.07, 6.45) is 5.12. The van der Waals surface area contributed by atoms with Gasteiger partial charge in [-0.05, 0) is 18.1 Å². The van der Waals surface area contributed by atoms with E-state index in [1.165, 1.54) is 0 Å². The zero-order valence-corrected chi connectivity index (χ0v) is 16.9. The zero-order chi connectivity index (χ0) is 20.9. The molecule has 156 valence electrons. The van der Waals surface area contributed by atoms with E-state index in [0.29, 0.717) is 44.6 Å². The van der Waals surface area contributed by atoms with E-state index in [-0.39, 0.29) is 5.91 Å². The number of benzene rings is 1. The van der Waals surface area contributed by atoms with Gasteiger partial charge in [-0.3, -0.25) is 9.36 Å². The highest BCUT2D eigenvalue weighted by molar-refractivity contribution is 5.85. The molecule has 9 heteroatoms. The Morgan fingerprint density at radius 2 is 2.07 bits per heavy atom. The molecule has 1 aliphatic heterocycles. The summed E-state index contributed by atoms with van der Waals surface area (Å²) in [4.78, 5) is 28.1. The van der Waals surface area contributed by atoms with Crippen molar-refractivity contribution >= 4 is 11.7 Å². The summed E-state index contributed by atoms with van der Waals surface area (Å²) in [5, 5.41) is 3.01. The van der Waals surface area contributed by atoms with E-state index in [2.05, 4.69) is 20.3 Å². The van der Waals surface area contributed by atoms with Crippen molar-refractivity contribution in [1.29, 1.82) is 0 Å².